The lowest BCUT2D eigenvalue weighted by atomic mass is 10.7. The van der Waals surface area contributed by atoms with Gasteiger partial charge in [-0.1, -0.05) is 20.4 Å². The van der Waals surface area contributed by atoms with E-state index in [1.165, 1.54) is 0 Å². The van der Waals surface area contributed by atoms with E-state index in [2.05, 4.69) is 16.6 Å². The van der Waals surface area contributed by atoms with Gasteiger partial charge >= 0.3 is 5.97 Å². The Morgan fingerprint density at radius 3 is 1.78 bits per heavy atom. The maximum atomic E-state index is 9.25. The molecule has 0 aromatic carbocycles. The Morgan fingerprint density at radius 2 is 1.78 bits per heavy atom. The van der Waals surface area contributed by atoms with Crippen molar-refractivity contribution in [3.05, 3.63) is 12.7 Å². The van der Waals surface area contributed by atoms with Crippen molar-refractivity contribution >= 4 is 31.4 Å². The third kappa shape index (κ3) is 70.8. The molecule has 0 bridgehead atoms. The van der Waals surface area contributed by atoms with Crippen LogP contribution in [0.5, 0.6) is 0 Å². The number of carboxylic acid groups (broad SMARTS) is 1. The number of carboxylic acids is 1. The summed E-state index contributed by atoms with van der Waals surface area (Å²) in [5.74, 6) is -0.981. The largest absolute Gasteiger partial charge is 0.478 e. The number of hydrogen-bond donors (Lipinski definition) is 1. The summed E-state index contributed by atoms with van der Waals surface area (Å²) in [5, 5.41) is 7.60. The number of aliphatic carboxylic acids is 1. The average Bonchev–Trinajstić information content (AvgIpc) is 1.97. The molecule has 0 unspecified atom stereocenters. The van der Waals surface area contributed by atoms with Crippen molar-refractivity contribution < 1.29 is 9.90 Å². The molecular weight excluding hydrogens is 154 g/mol. The van der Waals surface area contributed by atoms with Crippen LogP contribution in [0.25, 0.3) is 0 Å². The number of carbonyl (C=O) groups is 1. The highest BCUT2D eigenvalue weighted by Gasteiger charge is 1.73. The lowest BCUT2D eigenvalue weighted by Gasteiger charge is -1.64. The summed E-state index contributed by atoms with van der Waals surface area (Å²) in [6, 6.07) is 0. The number of halogens is 1. The van der Waals surface area contributed by atoms with Crippen LogP contribution in [-0.4, -0.2) is 26.4 Å². The van der Waals surface area contributed by atoms with Gasteiger partial charge in [0.15, 0.2) is 0 Å². The molecule has 9 heavy (non-hydrogen) atoms. The Labute approximate surface area is 68.1 Å². The molecule has 0 heterocycles. The molecule has 0 saturated heterocycles. The Bertz CT molecular complexity index is 66.0. The van der Waals surface area contributed by atoms with Gasteiger partial charge in [0.1, 0.15) is 0 Å². The third-order valence-corrected chi connectivity index (χ3v) is 0.175. The molecule has 0 spiro atoms. The minimum atomic E-state index is -0.981. The monoisotopic (exact) mass is 164 g/mol. The van der Waals surface area contributed by atoms with E-state index in [9.17, 15) is 4.79 Å². The SMILES string of the molecule is C=CC(=O)O.CC.[Al][Cl]. The third-order valence-electron chi connectivity index (χ3n) is 0.175. The van der Waals surface area contributed by atoms with Crippen LogP contribution in [0.2, 0.25) is 0 Å². The maximum absolute atomic E-state index is 9.25. The van der Waals surface area contributed by atoms with Crippen molar-refractivity contribution in [1.82, 2.24) is 0 Å². The van der Waals surface area contributed by atoms with Crippen LogP contribution < -0.4 is 0 Å². The fourth-order valence-electron chi connectivity index (χ4n) is 0. The molecular formula is C5H10AlClO2. The van der Waals surface area contributed by atoms with E-state index in [0.717, 1.165) is 6.08 Å². The van der Waals surface area contributed by atoms with Gasteiger partial charge in [0, 0.05) is 6.08 Å². The maximum Gasteiger partial charge on any atom is 0.327 e. The molecule has 0 fully saturated rings. The number of hydrogen-bond acceptors (Lipinski definition) is 1. The van der Waals surface area contributed by atoms with Gasteiger partial charge in [0.2, 0.25) is 0 Å². The van der Waals surface area contributed by atoms with Crippen LogP contribution in [0.1, 0.15) is 13.8 Å². The molecule has 0 saturated carbocycles. The predicted octanol–water partition coefficient (Wildman–Crippen LogP) is 1.59. The minimum Gasteiger partial charge on any atom is -0.478 e. The first-order valence-corrected chi connectivity index (χ1v) is 4.09. The van der Waals surface area contributed by atoms with Crippen LogP contribution in [0, 0.1) is 0 Å². The van der Waals surface area contributed by atoms with Gasteiger partial charge < -0.3 is 5.11 Å². The first kappa shape index (κ1) is 16.0. The first-order chi connectivity index (χ1) is 4.27. The molecule has 1 N–H and O–H groups in total. The van der Waals surface area contributed by atoms with Crippen molar-refractivity contribution in [1.29, 1.82) is 0 Å². The summed E-state index contributed by atoms with van der Waals surface area (Å²) >= 11 is 1.89. The van der Waals surface area contributed by atoms with E-state index >= 15 is 0 Å². The molecule has 2 radical (unpaired) electrons. The van der Waals surface area contributed by atoms with E-state index < -0.39 is 5.97 Å². The summed E-state index contributed by atoms with van der Waals surface area (Å²) in [5.41, 5.74) is 0. The summed E-state index contributed by atoms with van der Waals surface area (Å²) in [4.78, 5) is 9.25. The van der Waals surface area contributed by atoms with Crippen LogP contribution in [0.4, 0.5) is 0 Å². The van der Waals surface area contributed by atoms with Crippen molar-refractivity contribution in [2.24, 2.45) is 0 Å². The van der Waals surface area contributed by atoms with Gasteiger partial charge in [0.25, 0.3) is 15.4 Å². The van der Waals surface area contributed by atoms with Gasteiger partial charge in [-0.15, -0.1) is 0 Å². The second-order valence-corrected chi connectivity index (χ2v) is 0.542. The van der Waals surface area contributed by atoms with Crippen LogP contribution in [-0.2, 0) is 4.79 Å². The van der Waals surface area contributed by atoms with Crippen LogP contribution in [0.15, 0.2) is 12.7 Å². The normalized spacial score (nSPS) is 4.78. The minimum absolute atomic E-state index is 0.833. The topological polar surface area (TPSA) is 37.3 Å². The fourth-order valence-corrected chi connectivity index (χ4v) is 0. The Balaban J connectivity index is -0.0000000771. The van der Waals surface area contributed by atoms with Gasteiger partial charge in [-0.25, -0.2) is 4.79 Å². The molecule has 2 nitrogen and oxygen atoms in total. The summed E-state index contributed by atoms with van der Waals surface area (Å²) < 4.78 is 0. The summed E-state index contributed by atoms with van der Waals surface area (Å²) in [7, 11) is 4.56. The van der Waals surface area contributed by atoms with E-state index in [-0.39, 0.29) is 0 Å². The van der Waals surface area contributed by atoms with Crippen molar-refractivity contribution in [3.63, 3.8) is 0 Å². The lowest BCUT2D eigenvalue weighted by molar-refractivity contribution is -0.131. The van der Waals surface area contributed by atoms with Crippen molar-refractivity contribution in [3.8, 4) is 0 Å². The number of rotatable bonds is 1. The summed E-state index contributed by atoms with van der Waals surface area (Å²) in [6.07, 6.45) is 0.833. The molecule has 0 aliphatic carbocycles. The zero-order valence-corrected chi connectivity index (χ0v) is 7.51. The molecule has 0 aromatic rings. The first-order valence-electron chi connectivity index (χ1n) is 2.34. The molecule has 52 valence electrons. The highest BCUT2D eigenvalue weighted by molar-refractivity contribution is 6.80. The molecule has 0 rings (SSSR count). The second kappa shape index (κ2) is 24.4. The van der Waals surface area contributed by atoms with E-state index in [0.29, 0.717) is 0 Å². The highest BCUT2D eigenvalue weighted by Crippen LogP contribution is 1.54. The zero-order chi connectivity index (χ0) is 8.28. The van der Waals surface area contributed by atoms with Crippen LogP contribution >= 0.6 is 10.0 Å². The molecule has 4 heteroatoms. The van der Waals surface area contributed by atoms with Crippen LogP contribution in [0.3, 0.4) is 0 Å². The van der Waals surface area contributed by atoms with E-state index in [1.807, 2.05) is 29.2 Å². The van der Waals surface area contributed by atoms with Gasteiger partial charge in [0.05, 0.1) is 0 Å². The second-order valence-electron chi connectivity index (χ2n) is 0.542. The lowest BCUT2D eigenvalue weighted by Crippen LogP contribution is -1.82. The van der Waals surface area contributed by atoms with Gasteiger partial charge in [-0.3, -0.25) is 10.0 Å². The van der Waals surface area contributed by atoms with Crippen molar-refractivity contribution in [2.75, 3.05) is 0 Å². The Kier molecular flexibility index (Phi) is 43.5. The molecule has 0 atom stereocenters. The quantitative estimate of drug-likeness (QED) is 0.472. The molecule has 0 aliphatic rings. The average molecular weight is 165 g/mol. The highest BCUT2D eigenvalue weighted by atomic mass is 35.6. The van der Waals surface area contributed by atoms with E-state index in [1.54, 1.807) is 0 Å². The predicted molar refractivity (Wildman–Crippen MR) is 40.8 cm³/mol. The van der Waals surface area contributed by atoms with Crippen molar-refractivity contribution in [2.45, 2.75) is 13.8 Å². The standard InChI is InChI=1S/C3H4O2.C2H6.Al.ClH/c1-2-3(4)5;1-2;;/h2H,1H2,(H,4,5);1-2H3;;1H/q;;+1;/p-1. The smallest absolute Gasteiger partial charge is 0.327 e. The van der Waals surface area contributed by atoms with E-state index in [4.69, 9.17) is 5.11 Å². The van der Waals surface area contributed by atoms with Gasteiger partial charge in [-0.05, 0) is 0 Å². The molecule has 0 aliphatic heterocycles. The Hall–Kier alpha value is 0.0325. The summed E-state index contributed by atoms with van der Waals surface area (Å²) in [6.45, 7) is 6.96. The Morgan fingerprint density at radius 1 is 1.67 bits per heavy atom. The zero-order valence-electron chi connectivity index (χ0n) is 5.60. The van der Waals surface area contributed by atoms with Gasteiger partial charge in [-0.2, -0.15) is 0 Å². The molecule has 0 aromatic heterocycles. The molecule has 0 amide bonds. The fraction of sp³-hybridized carbons (Fsp3) is 0.400.